The van der Waals surface area contributed by atoms with E-state index in [-0.39, 0.29) is 29.8 Å². The Morgan fingerprint density at radius 2 is 1.90 bits per heavy atom. The second-order valence-corrected chi connectivity index (χ2v) is 10.0. The number of amides is 4. The van der Waals surface area contributed by atoms with E-state index in [1.807, 2.05) is 0 Å². The van der Waals surface area contributed by atoms with Crippen LogP contribution in [0.15, 0.2) is 0 Å². The van der Waals surface area contributed by atoms with Crippen LogP contribution in [0.3, 0.4) is 0 Å². The maximum Gasteiger partial charge on any atom is 0.325 e. The summed E-state index contributed by atoms with van der Waals surface area (Å²) in [7, 11) is 0. The first kappa shape index (κ1) is 20.6. The highest BCUT2D eigenvalue weighted by molar-refractivity contribution is 6.09. The maximum absolute atomic E-state index is 13.3. The highest BCUT2D eigenvalue weighted by Crippen LogP contribution is 2.46. The Balaban J connectivity index is 1.48. The summed E-state index contributed by atoms with van der Waals surface area (Å²) in [6.45, 7) is 7.85. The van der Waals surface area contributed by atoms with Gasteiger partial charge in [-0.15, -0.1) is 0 Å². The molecule has 162 valence electrons. The molecule has 4 fully saturated rings. The summed E-state index contributed by atoms with van der Waals surface area (Å²) in [5.74, 6) is -0.128. The Morgan fingerprint density at radius 3 is 2.59 bits per heavy atom. The fraction of sp³-hybridized carbons (Fsp3) is 0.857. The third kappa shape index (κ3) is 3.89. The average Bonchev–Trinajstić information content (AvgIpc) is 3.24. The number of hydrogen-bond acceptors (Lipinski definition) is 5. The molecule has 0 aromatic heterocycles. The Hall–Kier alpha value is -1.67. The maximum atomic E-state index is 13.3. The summed E-state index contributed by atoms with van der Waals surface area (Å²) in [6, 6.07) is -0.600. The number of nitrogens with zero attached hydrogens (tertiary/aromatic N) is 2. The SMILES string of the molecule is CC1CC(C)(C)CC2(C1)NC(=O)N(CC(=O)N1CCCCC1C1OCCO1)C2=O. The molecule has 3 unspecified atom stereocenters. The molecule has 1 aliphatic carbocycles. The Kier molecular flexibility index (Phi) is 5.36. The summed E-state index contributed by atoms with van der Waals surface area (Å²) in [6.07, 6.45) is 4.58. The van der Waals surface area contributed by atoms with Gasteiger partial charge >= 0.3 is 6.03 Å². The van der Waals surface area contributed by atoms with E-state index in [1.165, 1.54) is 0 Å². The summed E-state index contributed by atoms with van der Waals surface area (Å²) in [5, 5.41) is 2.95. The third-order valence-corrected chi connectivity index (χ3v) is 6.75. The van der Waals surface area contributed by atoms with Crippen molar-refractivity contribution >= 4 is 17.8 Å². The zero-order chi connectivity index (χ0) is 20.8. The predicted molar refractivity (Wildman–Crippen MR) is 105 cm³/mol. The van der Waals surface area contributed by atoms with Crippen LogP contribution in [0, 0.1) is 11.3 Å². The molecule has 0 aromatic carbocycles. The molecule has 4 rings (SSSR count). The van der Waals surface area contributed by atoms with Crippen molar-refractivity contribution in [1.29, 1.82) is 0 Å². The van der Waals surface area contributed by atoms with Crippen molar-refractivity contribution in [3.8, 4) is 0 Å². The molecule has 4 aliphatic rings. The fourth-order valence-corrected chi connectivity index (χ4v) is 6.02. The molecule has 3 aliphatic heterocycles. The van der Waals surface area contributed by atoms with Gasteiger partial charge in [0.1, 0.15) is 12.1 Å². The van der Waals surface area contributed by atoms with Crippen molar-refractivity contribution < 1.29 is 23.9 Å². The summed E-state index contributed by atoms with van der Waals surface area (Å²) in [5.41, 5.74) is -0.909. The Morgan fingerprint density at radius 1 is 1.17 bits per heavy atom. The lowest BCUT2D eigenvalue weighted by molar-refractivity contribution is -0.153. The van der Waals surface area contributed by atoms with E-state index >= 15 is 0 Å². The van der Waals surface area contributed by atoms with Crippen molar-refractivity contribution in [3.05, 3.63) is 0 Å². The second kappa shape index (κ2) is 7.54. The van der Waals surface area contributed by atoms with E-state index in [0.717, 1.165) is 30.6 Å². The van der Waals surface area contributed by atoms with Gasteiger partial charge in [0.2, 0.25) is 5.91 Å². The molecule has 1 saturated carbocycles. The van der Waals surface area contributed by atoms with Crippen LogP contribution in [0.5, 0.6) is 0 Å². The van der Waals surface area contributed by atoms with Gasteiger partial charge in [0.15, 0.2) is 6.29 Å². The minimum absolute atomic E-state index is 0.0320. The van der Waals surface area contributed by atoms with Gasteiger partial charge in [-0.2, -0.15) is 0 Å². The fourth-order valence-electron chi connectivity index (χ4n) is 6.02. The number of carbonyl (C=O) groups is 3. The van der Waals surface area contributed by atoms with E-state index in [0.29, 0.717) is 38.5 Å². The second-order valence-electron chi connectivity index (χ2n) is 10.0. The molecule has 3 atom stereocenters. The lowest BCUT2D eigenvalue weighted by Gasteiger charge is -2.44. The first-order valence-corrected chi connectivity index (χ1v) is 10.9. The summed E-state index contributed by atoms with van der Waals surface area (Å²) >= 11 is 0. The van der Waals surface area contributed by atoms with Crippen molar-refractivity contribution in [2.24, 2.45) is 11.3 Å². The van der Waals surface area contributed by atoms with E-state index in [1.54, 1.807) is 4.90 Å². The van der Waals surface area contributed by atoms with Crippen LogP contribution in [0.2, 0.25) is 0 Å². The Bertz CT molecular complexity index is 690. The van der Waals surface area contributed by atoms with Gasteiger partial charge in [0.05, 0.1) is 19.3 Å². The molecule has 0 radical (unpaired) electrons. The number of piperidine rings is 1. The number of carbonyl (C=O) groups excluding carboxylic acids is 3. The number of imide groups is 1. The largest absolute Gasteiger partial charge is 0.348 e. The van der Waals surface area contributed by atoms with Crippen LogP contribution >= 0.6 is 0 Å². The van der Waals surface area contributed by atoms with Crippen LogP contribution in [0.1, 0.15) is 59.3 Å². The topological polar surface area (TPSA) is 88.2 Å². The van der Waals surface area contributed by atoms with Gasteiger partial charge in [-0.25, -0.2) is 4.79 Å². The third-order valence-electron chi connectivity index (χ3n) is 6.75. The van der Waals surface area contributed by atoms with Gasteiger partial charge in [-0.3, -0.25) is 14.5 Å². The monoisotopic (exact) mass is 407 g/mol. The lowest BCUT2D eigenvalue weighted by Crippen LogP contribution is -2.55. The van der Waals surface area contributed by atoms with E-state index < -0.39 is 17.9 Å². The molecule has 0 bridgehead atoms. The van der Waals surface area contributed by atoms with Crippen LogP contribution in [0.4, 0.5) is 4.79 Å². The van der Waals surface area contributed by atoms with Crippen molar-refractivity contribution in [2.75, 3.05) is 26.3 Å². The molecule has 8 heteroatoms. The number of rotatable bonds is 3. The number of hydrogen-bond donors (Lipinski definition) is 1. The molecule has 4 amide bonds. The smallest absolute Gasteiger partial charge is 0.325 e. The first-order chi connectivity index (χ1) is 13.7. The molecule has 8 nitrogen and oxygen atoms in total. The van der Waals surface area contributed by atoms with E-state index in [9.17, 15) is 14.4 Å². The van der Waals surface area contributed by atoms with Crippen molar-refractivity contribution in [3.63, 3.8) is 0 Å². The molecule has 3 saturated heterocycles. The number of likely N-dealkylation sites (tertiary alicyclic amines) is 1. The minimum Gasteiger partial charge on any atom is -0.348 e. The van der Waals surface area contributed by atoms with Crippen LogP contribution in [0.25, 0.3) is 0 Å². The number of urea groups is 1. The molecule has 1 spiro atoms. The normalized spacial score (nSPS) is 35.4. The van der Waals surface area contributed by atoms with Gasteiger partial charge in [-0.05, 0) is 49.9 Å². The first-order valence-electron chi connectivity index (χ1n) is 10.9. The lowest BCUT2D eigenvalue weighted by atomic mass is 9.64. The van der Waals surface area contributed by atoms with Gasteiger partial charge in [0.25, 0.3) is 5.91 Å². The molecular formula is C21H33N3O5. The van der Waals surface area contributed by atoms with Gasteiger partial charge in [-0.1, -0.05) is 20.8 Å². The molecule has 3 heterocycles. The van der Waals surface area contributed by atoms with E-state index in [2.05, 4.69) is 26.1 Å². The molecule has 29 heavy (non-hydrogen) atoms. The summed E-state index contributed by atoms with van der Waals surface area (Å²) in [4.78, 5) is 42.0. The quantitative estimate of drug-likeness (QED) is 0.722. The molecular weight excluding hydrogens is 374 g/mol. The van der Waals surface area contributed by atoms with Gasteiger partial charge < -0.3 is 19.7 Å². The summed E-state index contributed by atoms with van der Waals surface area (Å²) < 4.78 is 11.3. The van der Waals surface area contributed by atoms with Crippen LogP contribution in [-0.2, 0) is 19.1 Å². The zero-order valence-electron chi connectivity index (χ0n) is 17.7. The standard InChI is InChI=1S/C21H33N3O5/c1-14-10-20(2,3)13-21(11-14)18(26)24(19(27)22-21)12-16(25)23-7-5-4-6-15(23)17-28-8-9-29-17/h14-15,17H,4-13H2,1-3H3,(H,22,27). The van der Waals surface area contributed by atoms with Crippen LogP contribution < -0.4 is 5.32 Å². The highest BCUT2D eigenvalue weighted by Gasteiger charge is 2.56. The molecule has 0 aromatic rings. The zero-order valence-corrected chi connectivity index (χ0v) is 17.7. The van der Waals surface area contributed by atoms with Crippen molar-refractivity contribution in [1.82, 2.24) is 15.1 Å². The van der Waals surface area contributed by atoms with E-state index in [4.69, 9.17) is 9.47 Å². The minimum atomic E-state index is -0.877. The highest BCUT2D eigenvalue weighted by atomic mass is 16.7. The number of nitrogens with one attached hydrogen (secondary N) is 1. The van der Waals surface area contributed by atoms with Crippen molar-refractivity contribution in [2.45, 2.75) is 77.2 Å². The predicted octanol–water partition coefficient (Wildman–Crippen LogP) is 1.88. The molecule has 1 N–H and O–H groups in total. The Labute approximate surface area is 172 Å². The average molecular weight is 408 g/mol. The van der Waals surface area contributed by atoms with Crippen LogP contribution in [-0.4, -0.2) is 71.8 Å². The number of ether oxygens (including phenoxy) is 2. The van der Waals surface area contributed by atoms with Gasteiger partial charge in [0, 0.05) is 6.54 Å².